The van der Waals surface area contributed by atoms with E-state index >= 15 is 0 Å². The molecule has 0 aromatic rings. The number of hydrogen-bond acceptors (Lipinski definition) is 4. The predicted molar refractivity (Wildman–Crippen MR) is 71.7 cm³/mol. The van der Waals surface area contributed by atoms with E-state index in [0.29, 0.717) is 17.4 Å². The van der Waals surface area contributed by atoms with Crippen LogP contribution in [0.25, 0.3) is 0 Å². The summed E-state index contributed by atoms with van der Waals surface area (Å²) < 4.78 is 22.8. The Morgan fingerprint density at radius 1 is 1.41 bits per heavy atom. The summed E-state index contributed by atoms with van der Waals surface area (Å²) in [5, 5.41) is 3.40. The summed E-state index contributed by atoms with van der Waals surface area (Å²) in [6.07, 6.45) is 4.07. The fraction of sp³-hybridized carbons (Fsp3) is 1.00. The molecule has 1 rings (SSSR count). The number of nitrogens with one attached hydrogen (secondary N) is 1. The molecule has 0 amide bonds. The Morgan fingerprint density at radius 2 is 2.12 bits per heavy atom. The van der Waals surface area contributed by atoms with Gasteiger partial charge >= 0.3 is 0 Å². The van der Waals surface area contributed by atoms with Crippen LogP contribution in [0, 0.1) is 5.92 Å². The number of rotatable bonds is 7. The molecule has 5 heteroatoms. The SMILES string of the molecule is CC(CCN)CCCNC1(C)CCS(=O)(=O)C1. The Bertz CT molecular complexity index is 329. The van der Waals surface area contributed by atoms with Gasteiger partial charge in [0.15, 0.2) is 9.84 Å². The van der Waals surface area contributed by atoms with Crippen molar-refractivity contribution in [2.45, 2.75) is 45.1 Å². The van der Waals surface area contributed by atoms with Crippen molar-refractivity contribution in [3.8, 4) is 0 Å². The van der Waals surface area contributed by atoms with Gasteiger partial charge in [-0.05, 0) is 51.6 Å². The van der Waals surface area contributed by atoms with E-state index in [1.54, 1.807) is 0 Å². The Labute approximate surface area is 105 Å². The van der Waals surface area contributed by atoms with Gasteiger partial charge in [-0.25, -0.2) is 8.42 Å². The molecule has 0 aromatic heterocycles. The summed E-state index contributed by atoms with van der Waals surface area (Å²) in [5.74, 6) is 1.29. The Morgan fingerprint density at radius 3 is 2.65 bits per heavy atom. The average Bonchev–Trinajstić information content (AvgIpc) is 2.49. The van der Waals surface area contributed by atoms with Crippen molar-refractivity contribution in [1.82, 2.24) is 5.32 Å². The molecule has 0 spiro atoms. The van der Waals surface area contributed by atoms with Gasteiger partial charge in [-0.2, -0.15) is 0 Å². The molecule has 1 saturated heterocycles. The lowest BCUT2D eigenvalue weighted by Crippen LogP contribution is -2.43. The highest BCUT2D eigenvalue weighted by atomic mass is 32.2. The summed E-state index contributed by atoms with van der Waals surface area (Å²) in [4.78, 5) is 0. The second kappa shape index (κ2) is 6.16. The van der Waals surface area contributed by atoms with Crippen molar-refractivity contribution in [2.75, 3.05) is 24.6 Å². The fourth-order valence-electron chi connectivity index (χ4n) is 2.42. The molecule has 102 valence electrons. The first kappa shape index (κ1) is 14.9. The summed E-state index contributed by atoms with van der Waals surface area (Å²) in [6, 6.07) is 0. The number of sulfone groups is 1. The topological polar surface area (TPSA) is 72.2 Å². The molecule has 17 heavy (non-hydrogen) atoms. The molecule has 1 aliphatic rings. The lowest BCUT2D eigenvalue weighted by Gasteiger charge is -2.24. The maximum absolute atomic E-state index is 11.4. The van der Waals surface area contributed by atoms with E-state index in [1.807, 2.05) is 6.92 Å². The van der Waals surface area contributed by atoms with Crippen LogP contribution in [0.5, 0.6) is 0 Å². The highest BCUT2D eigenvalue weighted by Gasteiger charge is 2.37. The molecule has 2 atom stereocenters. The van der Waals surface area contributed by atoms with Crippen molar-refractivity contribution in [3.05, 3.63) is 0 Å². The van der Waals surface area contributed by atoms with Gasteiger partial charge in [0.1, 0.15) is 0 Å². The second-order valence-electron chi connectivity index (χ2n) is 5.65. The smallest absolute Gasteiger partial charge is 0.152 e. The first-order valence-corrected chi connectivity index (χ1v) is 8.34. The van der Waals surface area contributed by atoms with E-state index < -0.39 is 9.84 Å². The van der Waals surface area contributed by atoms with Gasteiger partial charge in [-0.1, -0.05) is 6.92 Å². The zero-order valence-electron chi connectivity index (χ0n) is 11.0. The van der Waals surface area contributed by atoms with Gasteiger partial charge in [0.2, 0.25) is 0 Å². The maximum Gasteiger partial charge on any atom is 0.152 e. The predicted octanol–water partition coefficient (Wildman–Crippen LogP) is 0.918. The van der Waals surface area contributed by atoms with E-state index in [2.05, 4.69) is 12.2 Å². The lowest BCUT2D eigenvalue weighted by atomic mass is 9.99. The largest absolute Gasteiger partial charge is 0.330 e. The first-order chi connectivity index (χ1) is 7.87. The van der Waals surface area contributed by atoms with Crippen molar-refractivity contribution in [1.29, 1.82) is 0 Å². The zero-order valence-corrected chi connectivity index (χ0v) is 11.9. The second-order valence-corrected chi connectivity index (χ2v) is 7.84. The molecule has 1 aliphatic heterocycles. The van der Waals surface area contributed by atoms with Crippen LogP contribution in [0.4, 0.5) is 0 Å². The van der Waals surface area contributed by atoms with Crippen LogP contribution in [-0.4, -0.2) is 38.6 Å². The third-order valence-electron chi connectivity index (χ3n) is 3.59. The Hall–Kier alpha value is -0.130. The molecule has 3 N–H and O–H groups in total. The normalized spacial score (nSPS) is 29.4. The van der Waals surface area contributed by atoms with E-state index in [1.165, 1.54) is 0 Å². The molecule has 0 aromatic carbocycles. The molecule has 1 fully saturated rings. The average molecular weight is 262 g/mol. The first-order valence-electron chi connectivity index (χ1n) is 6.52. The molecule has 0 bridgehead atoms. The number of nitrogens with two attached hydrogens (primary N) is 1. The highest BCUT2D eigenvalue weighted by Crippen LogP contribution is 2.22. The van der Waals surface area contributed by atoms with Crippen molar-refractivity contribution in [3.63, 3.8) is 0 Å². The molecule has 4 nitrogen and oxygen atoms in total. The van der Waals surface area contributed by atoms with Crippen molar-refractivity contribution >= 4 is 9.84 Å². The van der Waals surface area contributed by atoms with Crippen molar-refractivity contribution < 1.29 is 8.42 Å². The van der Waals surface area contributed by atoms with Gasteiger partial charge in [0.25, 0.3) is 0 Å². The van der Waals surface area contributed by atoms with Gasteiger partial charge in [-0.3, -0.25) is 0 Å². The van der Waals surface area contributed by atoms with E-state index in [4.69, 9.17) is 5.73 Å². The molecule has 0 saturated carbocycles. The monoisotopic (exact) mass is 262 g/mol. The minimum Gasteiger partial charge on any atom is -0.330 e. The minimum atomic E-state index is -2.80. The number of hydrogen-bond donors (Lipinski definition) is 2. The van der Waals surface area contributed by atoms with Gasteiger partial charge in [-0.15, -0.1) is 0 Å². The van der Waals surface area contributed by atoms with Crippen LogP contribution in [0.3, 0.4) is 0 Å². The van der Waals surface area contributed by atoms with Crippen LogP contribution in [0.2, 0.25) is 0 Å². The van der Waals surface area contributed by atoms with Crippen LogP contribution in [0.15, 0.2) is 0 Å². The fourth-order valence-corrected chi connectivity index (χ4v) is 4.54. The lowest BCUT2D eigenvalue weighted by molar-refractivity contribution is 0.377. The van der Waals surface area contributed by atoms with E-state index in [0.717, 1.165) is 38.8 Å². The van der Waals surface area contributed by atoms with Crippen LogP contribution >= 0.6 is 0 Å². The Kier molecular flexibility index (Phi) is 5.41. The quantitative estimate of drug-likeness (QED) is 0.669. The third-order valence-corrected chi connectivity index (χ3v) is 5.49. The van der Waals surface area contributed by atoms with Crippen LogP contribution < -0.4 is 11.1 Å². The summed E-state index contributed by atoms with van der Waals surface area (Å²) in [6.45, 7) is 5.89. The highest BCUT2D eigenvalue weighted by molar-refractivity contribution is 7.91. The standard InChI is InChI=1S/C12H26N2O2S/c1-11(5-7-13)4-3-8-14-12(2)6-9-17(15,16)10-12/h11,14H,3-10,13H2,1-2H3. The third kappa shape index (κ3) is 5.36. The van der Waals surface area contributed by atoms with Gasteiger partial charge < -0.3 is 11.1 Å². The molecular formula is C12H26N2O2S. The van der Waals surface area contributed by atoms with Crippen LogP contribution in [0.1, 0.15) is 39.5 Å². The van der Waals surface area contributed by atoms with Crippen LogP contribution in [-0.2, 0) is 9.84 Å². The van der Waals surface area contributed by atoms with Gasteiger partial charge in [0, 0.05) is 5.54 Å². The molecule has 0 aliphatic carbocycles. The molecule has 2 unspecified atom stereocenters. The van der Waals surface area contributed by atoms with E-state index in [-0.39, 0.29) is 5.54 Å². The van der Waals surface area contributed by atoms with Gasteiger partial charge in [0.05, 0.1) is 11.5 Å². The van der Waals surface area contributed by atoms with E-state index in [9.17, 15) is 8.42 Å². The summed E-state index contributed by atoms with van der Waals surface area (Å²) >= 11 is 0. The summed E-state index contributed by atoms with van der Waals surface area (Å²) in [5.41, 5.74) is 5.30. The molecule has 0 radical (unpaired) electrons. The van der Waals surface area contributed by atoms with Crippen molar-refractivity contribution in [2.24, 2.45) is 11.7 Å². The summed E-state index contributed by atoms with van der Waals surface area (Å²) in [7, 11) is -2.80. The minimum absolute atomic E-state index is 0.198. The zero-order chi connectivity index (χ0) is 12.9. The Balaban J connectivity index is 2.19. The molecule has 1 heterocycles. The molecular weight excluding hydrogens is 236 g/mol. The maximum atomic E-state index is 11.4.